The van der Waals surface area contributed by atoms with Crippen LogP contribution in [0.3, 0.4) is 0 Å². The maximum atomic E-state index is 13.4. The van der Waals surface area contributed by atoms with Crippen LogP contribution in [0.15, 0.2) is 12.1 Å². The van der Waals surface area contributed by atoms with Crippen molar-refractivity contribution >= 4 is 23.2 Å². The van der Waals surface area contributed by atoms with Crippen LogP contribution in [-0.4, -0.2) is 24.4 Å². The van der Waals surface area contributed by atoms with Crippen LogP contribution in [-0.2, 0) is 9.59 Å². The van der Waals surface area contributed by atoms with Crippen molar-refractivity contribution in [1.82, 2.24) is 5.32 Å². The zero-order valence-electron chi connectivity index (χ0n) is 13.9. The van der Waals surface area contributed by atoms with E-state index in [2.05, 4.69) is 22.9 Å². The van der Waals surface area contributed by atoms with E-state index in [-0.39, 0.29) is 29.9 Å². The number of hydrogen-bond acceptors (Lipinski definition) is 3. The van der Waals surface area contributed by atoms with Crippen molar-refractivity contribution < 1.29 is 18.4 Å². The second kappa shape index (κ2) is 8.08. The highest BCUT2D eigenvalue weighted by atomic mass is 19.2. The van der Waals surface area contributed by atoms with Crippen molar-refractivity contribution in [3.63, 3.8) is 0 Å². The first-order chi connectivity index (χ1) is 11.3. The minimum atomic E-state index is -1.06. The van der Waals surface area contributed by atoms with E-state index in [1.807, 2.05) is 0 Å². The molecule has 0 unspecified atom stereocenters. The van der Waals surface area contributed by atoms with Crippen molar-refractivity contribution in [2.75, 3.05) is 17.2 Å². The summed E-state index contributed by atoms with van der Waals surface area (Å²) in [6, 6.07) is 1.98. The Bertz CT molecular complexity index is 614. The highest BCUT2D eigenvalue weighted by molar-refractivity contribution is 5.93. The third-order valence-electron chi connectivity index (χ3n) is 4.19. The van der Waals surface area contributed by atoms with Gasteiger partial charge in [-0.1, -0.05) is 6.92 Å². The van der Waals surface area contributed by atoms with Crippen LogP contribution in [0.4, 0.5) is 20.2 Å². The second-order valence-electron chi connectivity index (χ2n) is 6.37. The lowest BCUT2D eigenvalue weighted by molar-refractivity contribution is -0.120. The first-order valence-corrected chi connectivity index (χ1v) is 8.15. The van der Waals surface area contributed by atoms with Crippen LogP contribution in [0.25, 0.3) is 0 Å². The number of carbonyl (C=O) groups is 2. The molecule has 1 aromatic rings. The van der Waals surface area contributed by atoms with E-state index in [4.69, 9.17) is 0 Å². The summed E-state index contributed by atoms with van der Waals surface area (Å²) in [4.78, 5) is 23.2. The Labute approximate surface area is 140 Å². The predicted octanol–water partition coefficient (Wildman–Crippen LogP) is 3.03. The molecule has 0 heterocycles. The molecule has 2 amide bonds. The van der Waals surface area contributed by atoms with E-state index >= 15 is 0 Å². The molecule has 132 valence electrons. The number of rotatable bonds is 5. The Kier molecular flexibility index (Phi) is 6.11. The van der Waals surface area contributed by atoms with Crippen LogP contribution >= 0.6 is 0 Å². The minimum Gasteiger partial charge on any atom is -0.374 e. The summed E-state index contributed by atoms with van der Waals surface area (Å²) in [5, 5.41) is 8.10. The summed E-state index contributed by atoms with van der Waals surface area (Å²) >= 11 is 0. The van der Waals surface area contributed by atoms with Crippen molar-refractivity contribution in [3.8, 4) is 0 Å². The zero-order chi connectivity index (χ0) is 17.7. The Morgan fingerprint density at radius 1 is 1.08 bits per heavy atom. The Morgan fingerprint density at radius 3 is 2.25 bits per heavy atom. The van der Waals surface area contributed by atoms with Gasteiger partial charge in [-0.2, -0.15) is 0 Å². The molecule has 5 nitrogen and oxygen atoms in total. The molecule has 2 rings (SSSR count). The van der Waals surface area contributed by atoms with Crippen molar-refractivity contribution in [2.24, 2.45) is 5.92 Å². The van der Waals surface area contributed by atoms with E-state index in [9.17, 15) is 18.4 Å². The van der Waals surface area contributed by atoms with Gasteiger partial charge >= 0.3 is 0 Å². The lowest BCUT2D eigenvalue weighted by atomic mass is 9.87. The molecule has 1 aliphatic carbocycles. The van der Waals surface area contributed by atoms with Gasteiger partial charge in [0, 0.05) is 25.1 Å². The van der Waals surface area contributed by atoms with Gasteiger partial charge in [-0.3, -0.25) is 9.59 Å². The molecule has 1 aromatic carbocycles. The van der Waals surface area contributed by atoms with Crippen LogP contribution in [0, 0.1) is 17.6 Å². The lowest BCUT2D eigenvalue weighted by Gasteiger charge is -2.27. The molecule has 24 heavy (non-hydrogen) atoms. The fraction of sp³-hybridized carbons (Fsp3) is 0.529. The highest BCUT2D eigenvalue weighted by Gasteiger charge is 2.20. The molecular formula is C17H23F2N3O2. The lowest BCUT2D eigenvalue weighted by Crippen LogP contribution is -2.40. The van der Waals surface area contributed by atoms with Gasteiger partial charge in [-0.15, -0.1) is 0 Å². The first-order valence-electron chi connectivity index (χ1n) is 8.15. The van der Waals surface area contributed by atoms with Crippen LogP contribution in [0.1, 0.15) is 39.5 Å². The summed E-state index contributed by atoms with van der Waals surface area (Å²) in [6.45, 7) is 3.39. The van der Waals surface area contributed by atoms with E-state index in [1.165, 1.54) is 6.92 Å². The zero-order valence-corrected chi connectivity index (χ0v) is 13.9. The van der Waals surface area contributed by atoms with Crippen LogP contribution in [0.5, 0.6) is 0 Å². The van der Waals surface area contributed by atoms with Gasteiger partial charge in [-0.25, -0.2) is 8.78 Å². The number of nitrogens with one attached hydrogen (secondary N) is 3. The van der Waals surface area contributed by atoms with Crippen molar-refractivity contribution in [1.29, 1.82) is 0 Å². The number of hydrogen-bond donors (Lipinski definition) is 3. The number of benzene rings is 1. The van der Waals surface area contributed by atoms with Gasteiger partial charge in [0.05, 0.1) is 17.9 Å². The standard InChI is InChI=1S/C17H23F2N3O2/c1-10-3-5-12(6-4-10)22-17(24)9-20-15-7-13(18)14(19)8-16(15)21-11(2)23/h7-8,10,12,20H,3-6,9H2,1-2H3,(H,21,23)(H,22,24). The Balaban J connectivity index is 1.94. The smallest absolute Gasteiger partial charge is 0.239 e. The number of amides is 2. The normalized spacial score (nSPS) is 20.3. The van der Waals surface area contributed by atoms with E-state index in [0.717, 1.165) is 37.8 Å². The second-order valence-corrected chi connectivity index (χ2v) is 6.37. The molecule has 1 saturated carbocycles. The Hall–Kier alpha value is -2.18. The summed E-state index contributed by atoms with van der Waals surface area (Å²) in [5.74, 6) is -2.05. The number of anilines is 2. The summed E-state index contributed by atoms with van der Waals surface area (Å²) < 4.78 is 26.7. The number of halogens is 2. The van der Waals surface area contributed by atoms with E-state index in [1.54, 1.807) is 0 Å². The fourth-order valence-electron chi connectivity index (χ4n) is 2.84. The third kappa shape index (κ3) is 5.18. The van der Waals surface area contributed by atoms with Gasteiger partial charge in [0.25, 0.3) is 0 Å². The SMILES string of the molecule is CC(=O)Nc1cc(F)c(F)cc1NCC(=O)NC1CCC(C)CC1. The van der Waals surface area contributed by atoms with Gasteiger partial charge in [0.1, 0.15) is 0 Å². The maximum Gasteiger partial charge on any atom is 0.239 e. The third-order valence-corrected chi connectivity index (χ3v) is 4.19. The molecule has 0 aliphatic heterocycles. The molecule has 1 aliphatic rings. The first kappa shape index (κ1) is 18.2. The molecular weight excluding hydrogens is 316 g/mol. The molecule has 0 bridgehead atoms. The van der Waals surface area contributed by atoms with Gasteiger partial charge in [-0.05, 0) is 31.6 Å². The van der Waals surface area contributed by atoms with Crippen molar-refractivity contribution in [3.05, 3.63) is 23.8 Å². The monoisotopic (exact) mass is 339 g/mol. The van der Waals surface area contributed by atoms with Gasteiger partial charge in [0.2, 0.25) is 11.8 Å². The van der Waals surface area contributed by atoms with E-state index < -0.39 is 17.5 Å². The molecule has 0 spiro atoms. The van der Waals surface area contributed by atoms with Gasteiger partial charge in [0.15, 0.2) is 11.6 Å². The molecule has 7 heteroatoms. The minimum absolute atomic E-state index is 0.0797. The summed E-state index contributed by atoms with van der Waals surface area (Å²) in [5.41, 5.74) is 0.261. The molecule has 0 radical (unpaired) electrons. The largest absolute Gasteiger partial charge is 0.374 e. The fourth-order valence-corrected chi connectivity index (χ4v) is 2.84. The van der Waals surface area contributed by atoms with Crippen LogP contribution in [0.2, 0.25) is 0 Å². The average molecular weight is 339 g/mol. The summed E-state index contributed by atoms with van der Waals surface area (Å²) in [6.07, 6.45) is 4.09. The van der Waals surface area contributed by atoms with Crippen molar-refractivity contribution in [2.45, 2.75) is 45.6 Å². The Morgan fingerprint density at radius 2 is 1.67 bits per heavy atom. The molecule has 1 fully saturated rings. The van der Waals surface area contributed by atoms with Crippen LogP contribution < -0.4 is 16.0 Å². The quantitative estimate of drug-likeness (QED) is 0.772. The average Bonchev–Trinajstić information content (AvgIpc) is 2.51. The molecule has 0 atom stereocenters. The highest BCUT2D eigenvalue weighted by Crippen LogP contribution is 2.25. The molecule has 3 N–H and O–H groups in total. The maximum absolute atomic E-state index is 13.4. The van der Waals surface area contributed by atoms with E-state index in [0.29, 0.717) is 5.92 Å². The number of carbonyl (C=O) groups excluding carboxylic acids is 2. The molecule has 0 aromatic heterocycles. The molecule has 0 saturated heterocycles. The predicted molar refractivity (Wildman–Crippen MR) is 88.7 cm³/mol. The summed E-state index contributed by atoms with van der Waals surface area (Å²) in [7, 11) is 0. The van der Waals surface area contributed by atoms with Gasteiger partial charge < -0.3 is 16.0 Å². The topological polar surface area (TPSA) is 70.2 Å².